The van der Waals surface area contributed by atoms with Gasteiger partial charge in [0.05, 0.1) is 5.52 Å². The van der Waals surface area contributed by atoms with E-state index in [4.69, 9.17) is 16.6 Å². The van der Waals surface area contributed by atoms with Gasteiger partial charge in [-0.2, -0.15) is 0 Å². The van der Waals surface area contributed by atoms with E-state index in [9.17, 15) is 0 Å². The number of benzene rings is 4. The maximum atomic E-state index is 6.78. The van der Waals surface area contributed by atoms with Crippen LogP contribution in [0.2, 0.25) is 5.15 Å². The summed E-state index contributed by atoms with van der Waals surface area (Å²) in [5, 5.41) is 5.74. The van der Waals surface area contributed by atoms with Gasteiger partial charge in [-0.25, -0.2) is 4.98 Å². The number of hydrogen-bond acceptors (Lipinski definition) is 1. The molecule has 1 heterocycles. The first-order chi connectivity index (χ1) is 15.3. The molecule has 0 amide bonds. The van der Waals surface area contributed by atoms with Crippen LogP contribution in [-0.2, 0) is 6.16 Å². The zero-order chi connectivity index (χ0) is 21.1. The summed E-state index contributed by atoms with van der Waals surface area (Å²) in [7, 11) is -2.00. The van der Waals surface area contributed by atoms with Crippen molar-refractivity contribution >= 4 is 45.7 Å². The molecule has 1 nitrogen and oxygen atoms in total. The van der Waals surface area contributed by atoms with Crippen LogP contribution >= 0.6 is 18.9 Å². The lowest BCUT2D eigenvalue weighted by Crippen LogP contribution is -2.32. The van der Waals surface area contributed by atoms with Crippen LogP contribution in [0.15, 0.2) is 121 Å². The predicted molar refractivity (Wildman–Crippen MR) is 136 cm³/mol. The molecule has 4 aromatic carbocycles. The second kappa shape index (κ2) is 8.63. The first kappa shape index (κ1) is 19.9. The summed E-state index contributed by atoms with van der Waals surface area (Å²) in [5.41, 5.74) is 2.02. The average Bonchev–Trinajstić information content (AvgIpc) is 2.84. The summed E-state index contributed by atoms with van der Waals surface area (Å²) in [6, 6.07) is 43.0. The summed E-state index contributed by atoms with van der Waals surface area (Å²) in [4.78, 5) is 4.72. The van der Waals surface area contributed by atoms with Crippen LogP contribution in [0.1, 0.15) is 5.56 Å². The molecule has 0 atom stereocenters. The first-order valence-electron chi connectivity index (χ1n) is 10.4. The summed E-state index contributed by atoms with van der Waals surface area (Å²) < 4.78 is 0. The van der Waals surface area contributed by atoms with E-state index < -0.39 is 7.26 Å². The number of fused-ring (bicyclic) bond motifs is 1. The van der Waals surface area contributed by atoms with E-state index in [2.05, 4.69) is 109 Å². The highest BCUT2D eigenvalue weighted by Crippen LogP contribution is 2.58. The van der Waals surface area contributed by atoms with E-state index >= 15 is 0 Å². The van der Waals surface area contributed by atoms with Gasteiger partial charge >= 0.3 is 0 Å². The van der Waals surface area contributed by atoms with E-state index in [1.165, 1.54) is 15.9 Å². The molecule has 0 bridgehead atoms. The van der Waals surface area contributed by atoms with Crippen molar-refractivity contribution in [1.29, 1.82) is 0 Å². The quantitative estimate of drug-likeness (QED) is 0.229. The third-order valence-electron chi connectivity index (χ3n) is 5.75. The Kier molecular flexibility index (Phi) is 5.55. The van der Waals surface area contributed by atoms with Crippen molar-refractivity contribution in [2.75, 3.05) is 0 Å². The minimum atomic E-state index is -2.00. The normalized spacial score (nSPS) is 11.5. The van der Waals surface area contributed by atoms with Gasteiger partial charge in [0.25, 0.3) is 0 Å². The van der Waals surface area contributed by atoms with Gasteiger partial charge in [0.2, 0.25) is 0 Å². The highest BCUT2D eigenvalue weighted by Gasteiger charge is 2.45. The second-order valence-electron chi connectivity index (χ2n) is 7.61. The molecule has 5 rings (SSSR count). The molecule has 0 aliphatic rings. The van der Waals surface area contributed by atoms with E-state index in [1.807, 2.05) is 12.1 Å². The minimum absolute atomic E-state index is 0.589. The number of rotatable bonds is 5. The molecule has 0 saturated heterocycles. The Morgan fingerprint density at radius 3 is 1.55 bits per heavy atom. The zero-order valence-corrected chi connectivity index (χ0v) is 18.7. The lowest BCUT2D eigenvalue weighted by molar-refractivity contribution is 1.30. The van der Waals surface area contributed by atoms with Gasteiger partial charge in [0.15, 0.2) is 0 Å². The Labute approximate surface area is 188 Å². The Morgan fingerprint density at radius 2 is 1.03 bits per heavy atom. The van der Waals surface area contributed by atoms with Crippen molar-refractivity contribution in [1.82, 2.24) is 4.98 Å². The van der Waals surface area contributed by atoms with Gasteiger partial charge in [0.1, 0.15) is 34.5 Å². The molecule has 0 spiro atoms. The van der Waals surface area contributed by atoms with E-state index in [1.54, 1.807) is 0 Å². The summed E-state index contributed by atoms with van der Waals surface area (Å²) in [6.45, 7) is 0. The standard InChI is InChI=1S/C28H22ClNP/c29-28-23(20-22-12-10-11-19-27(22)30-28)21-31(24-13-4-1-5-14-24,25-15-6-2-7-16-25)26-17-8-3-9-18-26/h1-20H,21H2/q+1. The topological polar surface area (TPSA) is 12.9 Å². The van der Waals surface area contributed by atoms with Crippen LogP contribution in [0.5, 0.6) is 0 Å². The molecule has 0 N–H and O–H groups in total. The number of pyridine rings is 1. The van der Waals surface area contributed by atoms with Crippen molar-refractivity contribution < 1.29 is 0 Å². The lowest BCUT2D eigenvalue weighted by Gasteiger charge is -2.28. The van der Waals surface area contributed by atoms with Crippen LogP contribution in [-0.4, -0.2) is 4.98 Å². The third-order valence-corrected chi connectivity index (χ3v) is 10.4. The molecule has 0 aliphatic heterocycles. The largest absolute Gasteiger partial charge is 0.236 e. The molecule has 0 radical (unpaired) electrons. The molecule has 0 unspecified atom stereocenters. The zero-order valence-electron chi connectivity index (χ0n) is 17.0. The van der Waals surface area contributed by atoms with Gasteiger partial charge in [-0.1, -0.05) is 84.4 Å². The van der Waals surface area contributed by atoms with Gasteiger partial charge in [-0.05, 0) is 48.5 Å². The van der Waals surface area contributed by atoms with Crippen LogP contribution in [0, 0.1) is 0 Å². The first-order valence-corrected chi connectivity index (χ1v) is 12.7. The highest BCUT2D eigenvalue weighted by atomic mass is 35.5. The van der Waals surface area contributed by atoms with E-state index in [0.29, 0.717) is 5.15 Å². The van der Waals surface area contributed by atoms with Crippen LogP contribution in [0.3, 0.4) is 0 Å². The molecule has 0 saturated carbocycles. The van der Waals surface area contributed by atoms with Crippen LogP contribution in [0.4, 0.5) is 0 Å². The molecule has 0 fully saturated rings. The summed E-state index contributed by atoms with van der Waals surface area (Å²) in [6.07, 6.45) is 0.821. The fourth-order valence-corrected chi connectivity index (χ4v) is 8.81. The summed E-state index contributed by atoms with van der Waals surface area (Å²) in [5.74, 6) is 0. The van der Waals surface area contributed by atoms with E-state index in [-0.39, 0.29) is 0 Å². The second-order valence-corrected chi connectivity index (χ2v) is 11.4. The van der Waals surface area contributed by atoms with Crippen molar-refractivity contribution in [2.24, 2.45) is 0 Å². The SMILES string of the molecule is Clc1nc2ccccc2cc1C[P+](c1ccccc1)(c1ccccc1)c1ccccc1. The predicted octanol–water partition coefficient (Wildman–Crippen LogP) is 6.38. The lowest BCUT2D eigenvalue weighted by atomic mass is 10.2. The highest BCUT2D eigenvalue weighted by molar-refractivity contribution is 7.95. The molecule has 5 aromatic rings. The van der Waals surface area contributed by atoms with Gasteiger partial charge < -0.3 is 0 Å². The summed E-state index contributed by atoms with van der Waals surface area (Å²) >= 11 is 6.78. The molecule has 0 aliphatic carbocycles. The van der Waals surface area contributed by atoms with Crippen LogP contribution < -0.4 is 15.9 Å². The molecule has 3 heteroatoms. The Hall–Kier alpha value is -2.99. The maximum Gasteiger partial charge on any atom is 0.136 e. The fourth-order valence-electron chi connectivity index (χ4n) is 4.27. The number of nitrogens with zero attached hydrogens (tertiary/aromatic N) is 1. The molecule has 1 aromatic heterocycles. The third kappa shape index (κ3) is 3.76. The smallest absolute Gasteiger partial charge is 0.136 e. The fraction of sp³-hybridized carbons (Fsp3) is 0.0357. The molecular formula is C28H22ClNP+. The van der Waals surface area contributed by atoms with Gasteiger partial charge in [-0.3, -0.25) is 0 Å². The van der Waals surface area contributed by atoms with Gasteiger partial charge in [0, 0.05) is 10.9 Å². The van der Waals surface area contributed by atoms with E-state index in [0.717, 1.165) is 22.6 Å². The maximum absolute atomic E-state index is 6.78. The average molecular weight is 439 g/mol. The van der Waals surface area contributed by atoms with Gasteiger partial charge in [-0.15, -0.1) is 0 Å². The Morgan fingerprint density at radius 1 is 0.581 bits per heavy atom. The number of aromatic nitrogens is 1. The van der Waals surface area contributed by atoms with Crippen molar-refractivity contribution in [3.8, 4) is 0 Å². The molecular weight excluding hydrogens is 417 g/mol. The number of halogens is 1. The monoisotopic (exact) mass is 438 g/mol. The van der Waals surface area contributed by atoms with Crippen molar-refractivity contribution in [3.63, 3.8) is 0 Å². The Balaban J connectivity index is 1.79. The Bertz CT molecular complexity index is 1210. The molecule has 150 valence electrons. The number of hydrogen-bond donors (Lipinski definition) is 0. The number of para-hydroxylation sites is 1. The molecule has 31 heavy (non-hydrogen) atoms. The van der Waals surface area contributed by atoms with Crippen molar-refractivity contribution in [3.05, 3.63) is 132 Å². The van der Waals surface area contributed by atoms with Crippen molar-refractivity contribution in [2.45, 2.75) is 6.16 Å². The van der Waals surface area contributed by atoms with Crippen LogP contribution in [0.25, 0.3) is 10.9 Å². The minimum Gasteiger partial charge on any atom is -0.236 e.